The molecule has 100 valence electrons. The molecule has 0 aliphatic carbocycles. The molecule has 1 amide bonds. The Kier molecular flexibility index (Phi) is 6.01. The molecule has 0 saturated carbocycles. The number of anilines is 1. The number of thioether (sulfide) groups is 1. The quantitative estimate of drug-likeness (QED) is 0.583. The average molecular weight is 267 g/mol. The van der Waals surface area contributed by atoms with E-state index < -0.39 is 5.91 Å². The second-order valence-electron chi connectivity index (χ2n) is 3.96. The maximum atomic E-state index is 11.2. The molecule has 0 aliphatic rings. The van der Waals surface area contributed by atoms with Crippen LogP contribution >= 0.6 is 11.8 Å². The third-order valence-corrected chi connectivity index (χ3v) is 3.94. The third kappa shape index (κ3) is 3.92. The Balaban J connectivity index is 2.63. The predicted molar refractivity (Wildman–Crippen MR) is 77.9 cm³/mol. The fraction of sp³-hybridized carbons (Fsp3) is 0.462. The van der Waals surface area contributed by atoms with E-state index in [1.54, 1.807) is 17.8 Å². The molecular formula is C13H21N3OS. The molecule has 4 N–H and O–H groups in total. The van der Waals surface area contributed by atoms with E-state index in [0.717, 1.165) is 30.3 Å². The number of hydrogen-bond donors (Lipinski definition) is 2. The minimum absolute atomic E-state index is 0.405. The number of nitrogens with zero attached hydrogens (tertiary/aromatic N) is 1. The minimum atomic E-state index is -0.473. The molecule has 0 aliphatic heterocycles. The number of hydrogen-bond acceptors (Lipinski definition) is 4. The van der Waals surface area contributed by atoms with Crippen molar-refractivity contribution >= 4 is 23.4 Å². The van der Waals surface area contributed by atoms with Gasteiger partial charge >= 0.3 is 0 Å². The number of carbonyl (C=O) groups excluding carboxylic acids is 1. The number of nitrogen functional groups attached to an aromatic ring is 1. The summed E-state index contributed by atoms with van der Waals surface area (Å²) in [5.41, 5.74) is 12.1. The second-order valence-corrected chi connectivity index (χ2v) is 5.09. The van der Waals surface area contributed by atoms with Crippen molar-refractivity contribution < 1.29 is 4.79 Å². The molecule has 1 aromatic carbocycles. The SMILES string of the molecule is CCN(CC)CCSc1cccc(C(N)=O)c1N. The molecule has 1 rings (SSSR count). The molecule has 0 unspecified atom stereocenters. The highest BCUT2D eigenvalue weighted by molar-refractivity contribution is 7.99. The van der Waals surface area contributed by atoms with Crippen LogP contribution in [-0.4, -0.2) is 36.2 Å². The maximum absolute atomic E-state index is 11.2. The van der Waals surface area contributed by atoms with Gasteiger partial charge in [-0.15, -0.1) is 11.8 Å². The Bertz CT molecular complexity index is 405. The normalized spacial score (nSPS) is 10.8. The van der Waals surface area contributed by atoms with Crippen LogP contribution in [0.5, 0.6) is 0 Å². The van der Waals surface area contributed by atoms with E-state index in [1.165, 1.54) is 0 Å². The summed E-state index contributed by atoms with van der Waals surface area (Å²) in [6.45, 7) is 7.41. The van der Waals surface area contributed by atoms with E-state index in [-0.39, 0.29) is 0 Å². The van der Waals surface area contributed by atoms with E-state index in [0.29, 0.717) is 11.3 Å². The van der Waals surface area contributed by atoms with Crippen LogP contribution in [0.15, 0.2) is 23.1 Å². The van der Waals surface area contributed by atoms with Crippen molar-refractivity contribution in [3.63, 3.8) is 0 Å². The fourth-order valence-electron chi connectivity index (χ4n) is 1.71. The van der Waals surface area contributed by atoms with Crippen LogP contribution in [0.1, 0.15) is 24.2 Å². The summed E-state index contributed by atoms with van der Waals surface area (Å²) in [7, 11) is 0. The Hall–Kier alpha value is -1.20. The van der Waals surface area contributed by atoms with E-state index in [4.69, 9.17) is 11.5 Å². The van der Waals surface area contributed by atoms with Crippen molar-refractivity contribution in [2.45, 2.75) is 18.7 Å². The minimum Gasteiger partial charge on any atom is -0.397 e. The van der Waals surface area contributed by atoms with E-state index in [1.807, 2.05) is 12.1 Å². The Labute approximate surface area is 113 Å². The van der Waals surface area contributed by atoms with Crippen molar-refractivity contribution in [3.05, 3.63) is 23.8 Å². The van der Waals surface area contributed by atoms with Gasteiger partial charge in [-0.2, -0.15) is 0 Å². The highest BCUT2D eigenvalue weighted by Crippen LogP contribution is 2.27. The lowest BCUT2D eigenvalue weighted by Crippen LogP contribution is -2.25. The van der Waals surface area contributed by atoms with Crippen molar-refractivity contribution in [1.29, 1.82) is 0 Å². The molecule has 0 fully saturated rings. The highest BCUT2D eigenvalue weighted by atomic mass is 32.2. The van der Waals surface area contributed by atoms with Crippen LogP contribution in [0.25, 0.3) is 0 Å². The van der Waals surface area contributed by atoms with Gasteiger partial charge in [-0.25, -0.2) is 0 Å². The van der Waals surface area contributed by atoms with E-state index >= 15 is 0 Å². The topological polar surface area (TPSA) is 72.3 Å². The molecule has 0 spiro atoms. The Morgan fingerprint density at radius 2 is 2.00 bits per heavy atom. The zero-order valence-electron chi connectivity index (χ0n) is 11.0. The van der Waals surface area contributed by atoms with E-state index in [2.05, 4.69) is 18.7 Å². The molecule has 4 nitrogen and oxygen atoms in total. The number of primary amides is 1. The third-order valence-electron chi connectivity index (χ3n) is 2.89. The Morgan fingerprint density at radius 1 is 1.33 bits per heavy atom. The van der Waals surface area contributed by atoms with Crippen LogP contribution in [0.3, 0.4) is 0 Å². The van der Waals surface area contributed by atoms with Gasteiger partial charge in [0.2, 0.25) is 0 Å². The van der Waals surface area contributed by atoms with Gasteiger partial charge in [-0.3, -0.25) is 4.79 Å². The van der Waals surface area contributed by atoms with Gasteiger partial charge in [0.25, 0.3) is 5.91 Å². The van der Waals surface area contributed by atoms with Crippen molar-refractivity contribution in [3.8, 4) is 0 Å². The molecule has 0 atom stereocenters. The fourth-order valence-corrected chi connectivity index (χ4v) is 2.72. The lowest BCUT2D eigenvalue weighted by molar-refractivity contribution is 0.100. The second kappa shape index (κ2) is 7.28. The zero-order chi connectivity index (χ0) is 13.5. The number of benzene rings is 1. The molecule has 1 aromatic rings. The van der Waals surface area contributed by atoms with Crippen molar-refractivity contribution in [2.24, 2.45) is 5.73 Å². The van der Waals surface area contributed by atoms with Crippen molar-refractivity contribution in [1.82, 2.24) is 4.90 Å². The summed E-state index contributed by atoms with van der Waals surface area (Å²) in [5.74, 6) is 0.479. The summed E-state index contributed by atoms with van der Waals surface area (Å²) >= 11 is 1.66. The van der Waals surface area contributed by atoms with Gasteiger partial charge in [0.1, 0.15) is 0 Å². The lowest BCUT2D eigenvalue weighted by Gasteiger charge is -2.17. The van der Waals surface area contributed by atoms with Crippen LogP contribution in [0.2, 0.25) is 0 Å². The Morgan fingerprint density at radius 3 is 2.56 bits per heavy atom. The predicted octanol–water partition coefficient (Wildman–Crippen LogP) is 1.80. The zero-order valence-corrected chi connectivity index (χ0v) is 11.8. The molecule has 5 heteroatoms. The van der Waals surface area contributed by atoms with Crippen LogP contribution in [0.4, 0.5) is 5.69 Å². The van der Waals surface area contributed by atoms with Gasteiger partial charge in [0, 0.05) is 17.2 Å². The average Bonchev–Trinajstić information content (AvgIpc) is 2.36. The first kappa shape index (κ1) is 14.9. The summed E-state index contributed by atoms with van der Waals surface area (Å²) < 4.78 is 0. The monoisotopic (exact) mass is 267 g/mol. The van der Waals surface area contributed by atoms with Gasteiger partial charge in [-0.1, -0.05) is 19.9 Å². The van der Waals surface area contributed by atoms with Gasteiger partial charge < -0.3 is 16.4 Å². The molecule has 0 radical (unpaired) electrons. The summed E-state index contributed by atoms with van der Waals surface area (Å²) in [4.78, 5) is 14.5. The van der Waals surface area contributed by atoms with Crippen molar-refractivity contribution in [2.75, 3.05) is 31.1 Å². The smallest absolute Gasteiger partial charge is 0.250 e. The van der Waals surface area contributed by atoms with Gasteiger partial charge in [-0.05, 0) is 25.2 Å². The number of amides is 1. The van der Waals surface area contributed by atoms with Gasteiger partial charge in [0.15, 0.2) is 0 Å². The first-order valence-corrected chi connectivity index (χ1v) is 7.12. The first-order valence-electron chi connectivity index (χ1n) is 6.13. The van der Waals surface area contributed by atoms with Crippen LogP contribution in [0, 0.1) is 0 Å². The number of carbonyl (C=O) groups is 1. The first-order chi connectivity index (χ1) is 8.60. The largest absolute Gasteiger partial charge is 0.397 e. The van der Waals surface area contributed by atoms with Gasteiger partial charge in [0.05, 0.1) is 11.3 Å². The highest BCUT2D eigenvalue weighted by Gasteiger charge is 2.09. The van der Waals surface area contributed by atoms with E-state index in [9.17, 15) is 4.79 Å². The standard InChI is InChI=1S/C13H21N3OS/c1-3-16(4-2)8-9-18-11-7-5-6-10(12(11)14)13(15)17/h5-7H,3-4,8-9,14H2,1-2H3,(H2,15,17). The molecular weight excluding hydrogens is 246 g/mol. The molecule has 0 aromatic heterocycles. The van der Waals surface area contributed by atoms with Crippen LogP contribution in [-0.2, 0) is 0 Å². The van der Waals surface area contributed by atoms with Crippen LogP contribution < -0.4 is 11.5 Å². The number of para-hydroxylation sites is 1. The molecule has 18 heavy (non-hydrogen) atoms. The number of nitrogens with two attached hydrogens (primary N) is 2. The summed E-state index contributed by atoms with van der Waals surface area (Å²) in [5, 5.41) is 0. The summed E-state index contributed by atoms with van der Waals surface area (Å²) in [6, 6.07) is 5.40. The molecule has 0 bridgehead atoms. The summed E-state index contributed by atoms with van der Waals surface area (Å²) in [6.07, 6.45) is 0. The molecule has 0 saturated heterocycles. The lowest BCUT2D eigenvalue weighted by atomic mass is 10.2. The number of rotatable bonds is 7. The maximum Gasteiger partial charge on any atom is 0.250 e. The molecule has 0 heterocycles.